The fourth-order valence-electron chi connectivity index (χ4n) is 1.12. The van der Waals surface area contributed by atoms with Crippen molar-refractivity contribution in [2.24, 2.45) is 4.40 Å². The van der Waals surface area contributed by atoms with Crippen LogP contribution in [0.15, 0.2) is 33.6 Å². The lowest BCUT2D eigenvalue weighted by Gasteiger charge is -2.13. The average Bonchev–Trinajstić information content (AvgIpc) is 2.27. The van der Waals surface area contributed by atoms with Gasteiger partial charge in [0.2, 0.25) is 0 Å². The summed E-state index contributed by atoms with van der Waals surface area (Å²) in [5.74, 6) is -0.653. The summed E-state index contributed by atoms with van der Waals surface area (Å²) >= 11 is 0. The number of hydrogen-bond donors (Lipinski definition) is 1. The fraction of sp³-hybridized carbons (Fsp3) is 0.273. The lowest BCUT2D eigenvalue weighted by atomic mass is 10.3. The molecular formula is C11H15N3O4S. The van der Waals surface area contributed by atoms with Gasteiger partial charge < -0.3 is 15.4 Å². The zero-order chi connectivity index (χ0) is 14.6. The Bertz CT molecular complexity index is 591. The van der Waals surface area contributed by atoms with Crippen molar-refractivity contribution in [1.82, 2.24) is 4.90 Å². The van der Waals surface area contributed by atoms with Crippen LogP contribution in [0.3, 0.4) is 0 Å². The van der Waals surface area contributed by atoms with Gasteiger partial charge >= 0.3 is 12.0 Å². The minimum Gasteiger partial charge on any atom is -0.399 e. The van der Waals surface area contributed by atoms with Crippen molar-refractivity contribution in [2.75, 3.05) is 19.8 Å². The minimum absolute atomic E-state index is 0.0341. The molecule has 0 aliphatic heterocycles. The maximum absolute atomic E-state index is 12.0. The van der Waals surface area contributed by atoms with Gasteiger partial charge in [0.25, 0.3) is 10.0 Å². The second-order valence-corrected chi connectivity index (χ2v) is 5.51. The molecule has 0 saturated heterocycles. The van der Waals surface area contributed by atoms with Crippen LogP contribution in [-0.2, 0) is 19.6 Å². The first-order valence-corrected chi connectivity index (χ1v) is 6.72. The van der Waals surface area contributed by atoms with Crippen LogP contribution < -0.4 is 5.73 Å². The van der Waals surface area contributed by atoms with Gasteiger partial charge in [-0.2, -0.15) is 8.42 Å². The Balaban J connectivity index is 3.17. The number of amidine groups is 1. The minimum atomic E-state index is -3.95. The van der Waals surface area contributed by atoms with E-state index in [4.69, 9.17) is 10.5 Å². The predicted octanol–water partition coefficient (Wildman–Crippen LogP) is 0.438. The first-order valence-electron chi connectivity index (χ1n) is 5.28. The standard InChI is InChI=1S/C11H15N3O4S/c1-8(15)18-11(14(2)3)13-19(16,17)10-6-4-9(12)5-7-10/h4-7H,12H2,1-3H3. The van der Waals surface area contributed by atoms with E-state index in [-0.39, 0.29) is 10.9 Å². The highest BCUT2D eigenvalue weighted by Gasteiger charge is 2.17. The molecule has 7 nitrogen and oxygen atoms in total. The van der Waals surface area contributed by atoms with E-state index in [2.05, 4.69) is 4.40 Å². The van der Waals surface area contributed by atoms with E-state index in [1.54, 1.807) is 0 Å². The maximum atomic E-state index is 12.0. The monoisotopic (exact) mass is 285 g/mol. The third kappa shape index (κ3) is 4.25. The third-order valence-corrected chi connectivity index (χ3v) is 3.26. The topological polar surface area (TPSA) is 102 Å². The Hall–Kier alpha value is -2.09. The molecule has 1 rings (SSSR count). The molecule has 0 aliphatic rings. The number of carbonyl (C=O) groups excluding carboxylic acids is 1. The number of carbonyl (C=O) groups is 1. The quantitative estimate of drug-likeness (QED) is 0.366. The van der Waals surface area contributed by atoms with E-state index in [1.165, 1.54) is 43.3 Å². The number of hydrogen-bond acceptors (Lipinski definition) is 5. The van der Waals surface area contributed by atoms with Crippen molar-refractivity contribution in [2.45, 2.75) is 11.8 Å². The van der Waals surface area contributed by atoms with E-state index in [1.807, 2.05) is 0 Å². The summed E-state index contributed by atoms with van der Waals surface area (Å²) in [5.41, 5.74) is 5.92. The number of anilines is 1. The predicted molar refractivity (Wildman–Crippen MR) is 70.9 cm³/mol. The van der Waals surface area contributed by atoms with Crippen molar-refractivity contribution in [1.29, 1.82) is 0 Å². The summed E-state index contributed by atoms with van der Waals surface area (Å²) in [7, 11) is -0.925. The zero-order valence-corrected chi connectivity index (χ0v) is 11.6. The van der Waals surface area contributed by atoms with Crippen LogP contribution in [0, 0.1) is 0 Å². The molecule has 0 saturated carbocycles. The lowest BCUT2D eigenvalue weighted by molar-refractivity contribution is -0.133. The van der Waals surface area contributed by atoms with Gasteiger partial charge in [0.15, 0.2) is 0 Å². The summed E-state index contributed by atoms with van der Waals surface area (Å²) in [5, 5.41) is 0. The molecule has 0 spiro atoms. The molecule has 0 unspecified atom stereocenters. The first kappa shape index (κ1) is 15.0. The number of benzene rings is 1. The summed E-state index contributed by atoms with van der Waals surface area (Å²) in [6.07, 6.45) is 0. The second-order valence-electron chi connectivity index (χ2n) is 3.91. The van der Waals surface area contributed by atoms with Gasteiger partial charge in [-0.25, -0.2) is 0 Å². The molecule has 19 heavy (non-hydrogen) atoms. The highest BCUT2D eigenvalue weighted by atomic mass is 32.2. The zero-order valence-electron chi connectivity index (χ0n) is 10.8. The molecule has 0 radical (unpaired) electrons. The van der Waals surface area contributed by atoms with Crippen LogP contribution in [0.5, 0.6) is 0 Å². The molecule has 8 heteroatoms. The molecule has 0 amide bonds. The number of nitrogens with two attached hydrogens (primary N) is 1. The summed E-state index contributed by atoms with van der Waals surface area (Å²) in [4.78, 5) is 12.1. The van der Waals surface area contributed by atoms with Gasteiger partial charge in [-0.3, -0.25) is 4.79 Å². The molecule has 0 fully saturated rings. The van der Waals surface area contributed by atoms with E-state index in [9.17, 15) is 13.2 Å². The Morgan fingerprint density at radius 3 is 2.21 bits per heavy atom. The number of nitrogen functional groups attached to an aromatic ring is 1. The molecule has 104 valence electrons. The van der Waals surface area contributed by atoms with Crippen molar-refractivity contribution < 1.29 is 17.9 Å². The highest BCUT2D eigenvalue weighted by Crippen LogP contribution is 2.15. The number of rotatable bonds is 2. The normalized spacial score (nSPS) is 12.1. The van der Waals surface area contributed by atoms with Crippen LogP contribution in [-0.4, -0.2) is 39.4 Å². The summed E-state index contributed by atoms with van der Waals surface area (Å²) < 4.78 is 32.2. The van der Waals surface area contributed by atoms with Gasteiger partial charge in [-0.05, 0) is 24.3 Å². The number of esters is 1. The van der Waals surface area contributed by atoms with Crippen LogP contribution in [0.1, 0.15) is 6.92 Å². The number of ether oxygens (including phenoxy) is 1. The molecule has 0 aromatic heterocycles. The van der Waals surface area contributed by atoms with Crippen LogP contribution in [0.2, 0.25) is 0 Å². The molecule has 0 bridgehead atoms. The van der Waals surface area contributed by atoms with Crippen LogP contribution in [0.4, 0.5) is 5.69 Å². The molecule has 0 atom stereocenters. The number of sulfonamides is 1. The van der Waals surface area contributed by atoms with Crippen molar-refractivity contribution in [3.05, 3.63) is 24.3 Å². The van der Waals surface area contributed by atoms with Crippen molar-refractivity contribution in [3.63, 3.8) is 0 Å². The summed E-state index contributed by atoms with van der Waals surface area (Å²) in [6, 6.07) is 5.25. The Kier molecular flexibility index (Phi) is 4.49. The lowest BCUT2D eigenvalue weighted by Crippen LogP contribution is -2.27. The third-order valence-electron chi connectivity index (χ3n) is 1.99. The van der Waals surface area contributed by atoms with Gasteiger partial charge in [0.05, 0.1) is 4.90 Å². The van der Waals surface area contributed by atoms with Crippen molar-refractivity contribution in [3.8, 4) is 0 Å². The Labute approximate surface area is 111 Å². The van der Waals surface area contributed by atoms with Gasteiger partial charge in [-0.15, -0.1) is 4.40 Å². The molecule has 2 N–H and O–H groups in total. The average molecular weight is 285 g/mol. The molecular weight excluding hydrogens is 270 g/mol. The summed E-state index contributed by atoms with van der Waals surface area (Å²) in [6.45, 7) is 1.16. The van der Waals surface area contributed by atoms with Gasteiger partial charge in [0.1, 0.15) is 0 Å². The van der Waals surface area contributed by atoms with Crippen LogP contribution in [0.25, 0.3) is 0 Å². The first-order chi connectivity index (χ1) is 8.72. The van der Waals surface area contributed by atoms with Gasteiger partial charge in [-0.1, -0.05) is 0 Å². The molecule has 1 aromatic rings. The SMILES string of the molecule is CC(=O)OC(=NS(=O)(=O)c1ccc(N)cc1)N(C)C. The fourth-order valence-corrected chi connectivity index (χ4v) is 2.11. The Morgan fingerprint density at radius 1 is 1.26 bits per heavy atom. The van der Waals surface area contributed by atoms with E-state index in [0.29, 0.717) is 5.69 Å². The van der Waals surface area contributed by atoms with E-state index >= 15 is 0 Å². The Morgan fingerprint density at radius 2 is 1.79 bits per heavy atom. The molecule has 0 heterocycles. The second kappa shape index (κ2) is 5.70. The van der Waals surface area contributed by atoms with Crippen LogP contribution >= 0.6 is 0 Å². The van der Waals surface area contributed by atoms with E-state index in [0.717, 1.165) is 6.92 Å². The van der Waals surface area contributed by atoms with E-state index < -0.39 is 16.0 Å². The molecule has 0 aliphatic carbocycles. The molecule has 1 aromatic carbocycles. The largest absolute Gasteiger partial charge is 0.399 e. The highest BCUT2D eigenvalue weighted by molar-refractivity contribution is 7.90. The van der Waals surface area contributed by atoms with Gasteiger partial charge in [0, 0.05) is 26.7 Å². The number of nitrogens with zero attached hydrogens (tertiary/aromatic N) is 2. The smallest absolute Gasteiger partial charge is 0.310 e. The van der Waals surface area contributed by atoms with Crippen molar-refractivity contribution >= 4 is 27.7 Å². The maximum Gasteiger partial charge on any atom is 0.310 e.